The highest BCUT2D eigenvalue weighted by atomic mass is 35.5. The van der Waals surface area contributed by atoms with Crippen molar-refractivity contribution in [1.82, 2.24) is 0 Å². The first-order valence-electron chi connectivity index (χ1n) is 3.70. The Bertz CT molecular complexity index is 90.2. The molecule has 0 aliphatic carbocycles. The Kier molecular flexibility index (Phi) is 5.09. The van der Waals surface area contributed by atoms with E-state index in [4.69, 9.17) is 22.9 Å². The van der Waals surface area contributed by atoms with E-state index in [0.29, 0.717) is 0 Å². The summed E-state index contributed by atoms with van der Waals surface area (Å²) in [6.45, 7) is 7.10. The molecule has 0 nitrogen and oxygen atoms in total. The van der Waals surface area contributed by atoms with Gasteiger partial charge in [-0.05, 0) is 6.32 Å². The van der Waals surface area contributed by atoms with Crippen molar-refractivity contribution >= 4 is 36.5 Å². The van der Waals surface area contributed by atoms with Crippen LogP contribution >= 0.6 is 22.9 Å². The summed E-state index contributed by atoms with van der Waals surface area (Å²) in [5.41, 5.74) is -0.156. The molecule has 0 rings (SSSR count). The van der Waals surface area contributed by atoms with Crippen LogP contribution < -0.4 is 0 Å². The van der Waals surface area contributed by atoms with Crippen LogP contribution in [0.25, 0.3) is 0 Å². The summed E-state index contributed by atoms with van der Waals surface area (Å²) in [6.07, 6.45) is 2.14. The predicted octanol–water partition coefficient (Wildman–Crippen LogP) is 3.68. The van der Waals surface area contributed by atoms with Crippen molar-refractivity contribution in [2.45, 2.75) is 38.4 Å². The average molecular weight is 197 g/mol. The molecular weight excluding hydrogens is 182 g/mol. The highest BCUT2D eigenvalue weighted by Crippen LogP contribution is 2.16. The van der Waals surface area contributed by atoms with Gasteiger partial charge in [-0.15, -0.1) is 0 Å². The van der Waals surface area contributed by atoms with Gasteiger partial charge in [0.25, 0.3) is 0 Å². The van der Waals surface area contributed by atoms with Gasteiger partial charge in [0.05, 0.1) is 0 Å². The molecule has 0 aliphatic heterocycles. The minimum Gasteiger partial charge on any atom is -0.172 e. The van der Waals surface area contributed by atoms with Crippen LogP contribution in [0.3, 0.4) is 0 Å². The smallest absolute Gasteiger partial charge is 0.172 e. The molecule has 60 valence electrons. The molecule has 0 bridgehead atoms. The molecule has 0 aromatic heterocycles. The fourth-order valence-corrected chi connectivity index (χ4v) is 2.36. The van der Waals surface area contributed by atoms with Gasteiger partial charge < -0.3 is 0 Å². The van der Waals surface area contributed by atoms with Gasteiger partial charge >= 0.3 is 5.54 Å². The van der Waals surface area contributed by atoms with Crippen molar-refractivity contribution in [3.63, 3.8) is 0 Å². The molecule has 0 heterocycles. The zero-order chi connectivity index (χ0) is 8.20. The summed E-state index contributed by atoms with van der Waals surface area (Å²) in [4.78, 5) is 0. The quantitative estimate of drug-likeness (QED) is 0.603. The molecular formula is C6H15BCl2Si. The van der Waals surface area contributed by atoms with E-state index in [1.54, 1.807) is 0 Å². The lowest BCUT2D eigenvalue weighted by atomic mass is 9.99. The largest absolute Gasteiger partial charge is 0.351 e. The van der Waals surface area contributed by atoms with E-state index >= 15 is 0 Å². The standard InChI is InChI=1S/C6H15BCl2Si/c1-10(2,3)6-4-5-7(8)9/h4-6H2,1-3H3. The average Bonchev–Trinajstić information content (AvgIpc) is 1.59. The molecule has 10 heavy (non-hydrogen) atoms. The van der Waals surface area contributed by atoms with E-state index in [0.717, 1.165) is 6.32 Å². The second-order valence-corrected chi connectivity index (χ2v) is 10.7. The van der Waals surface area contributed by atoms with Gasteiger partial charge in [0.15, 0.2) is 0 Å². The van der Waals surface area contributed by atoms with Crippen LogP contribution in [-0.4, -0.2) is 13.6 Å². The Morgan fingerprint density at radius 2 is 1.70 bits per heavy atom. The number of hydrogen-bond acceptors (Lipinski definition) is 0. The molecule has 0 amide bonds. The van der Waals surface area contributed by atoms with Gasteiger partial charge in [-0.3, -0.25) is 0 Å². The molecule has 0 aliphatic rings. The Morgan fingerprint density at radius 1 is 1.20 bits per heavy atom. The summed E-state index contributed by atoms with van der Waals surface area (Å²) >= 11 is 11.2. The van der Waals surface area contributed by atoms with Gasteiger partial charge in [0.1, 0.15) is 0 Å². The molecule has 0 saturated heterocycles. The minimum absolute atomic E-state index is 0.156. The third-order valence-electron chi connectivity index (χ3n) is 1.35. The van der Waals surface area contributed by atoms with Crippen LogP contribution in [0.2, 0.25) is 32.0 Å². The van der Waals surface area contributed by atoms with Crippen molar-refractivity contribution in [2.24, 2.45) is 0 Å². The lowest BCUT2D eigenvalue weighted by Crippen LogP contribution is -2.18. The Hall–Kier alpha value is 0.862. The second kappa shape index (κ2) is 4.68. The lowest BCUT2D eigenvalue weighted by molar-refractivity contribution is 1.04. The third kappa shape index (κ3) is 8.86. The molecule has 0 aromatic rings. The van der Waals surface area contributed by atoms with E-state index in [-0.39, 0.29) is 5.54 Å². The van der Waals surface area contributed by atoms with E-state index in [1.807, 2.05) is 0 Å². The predicted molar refractivity (Wildman–Crippen MR) is 55.0 cm³/mol. The van der Waals surface area contributed by atoms with Crippen molar-refractivity contribution in [1.29, 1.82) is 0 Å². The van der Waals surface area contributed by atoms with E-state index in [2.05, 4.69) is 19.6 Å². The Morgan fingerprint density at radius 3 is 2.00 bits per heavy atom. The van der Waals surface area contributed by atoms with Crippen molar-refractivity contribution in [3.05, 3.63) is 0 Å². The maximum atomic E-state index is 5.59. The zero-order valence-electron chi connectivity index (χ0n) is 6.95. The minimum atomic E-state index is -0.841. The molecule has 0 radical (unpaired) electrons. The SMILES string of the molecule is C[Si](C)(C)CCCB(Cl)Cl. The number of hydrogen-bond donors (Lipinski definition) is 0. The van der Waals surface area contributed by atoms with Crippen LogP contribution in [-0.2, 0) is 0 Å². The van der Waals surface area contributed by atoms with Gasteiger partial charge in [0, 0.05) is 8.07 Å². The third-order valence-corrected chi connectivity index (χ3v) is 3.64. The molecule has 0 fully saturated rings. The summed E-state index contributed by atoms with van der Waals surface area (Å²) in [5, 5.41) is 0. The Balaban J connectivity index is 3.21. The van der Waals surface area contributed by atoms with Crippen LogP contribution in [0.4, 0.5) is 0 Å². The van der Waals surface area contributed by atoms with Crippen molar-refractivity contribution < 1.29 is 0 Å². The van der Waals surface area contributed by atoms with Crippen LogP contribution in [0, 0.1) is 0 Å². The summed E-state index contributed by atoms with van der Waals surface area (Å²) in [6, 6.07) is 1.34. The monoisotopic (exact) mass is 196 g/mol. The van der Waals surface area contributed by atoms with Crippen LogP contribution in [0.5, 0.6) is 0 Å². The van der Waals surface area contributed by atoms with E-state index in [9.17, 15) is 0 Å². The second-order valence-electron chi connectivity index (χ2n) is 3.84. The number of rotatable bonds is 4. The summed E-state index contributed by atoms with van der Waals surface area (Å²) in [5.74, 6) is 0. The zero-order valence-corrected chi connectivity index (χ0v) is 9.47. The normalized spacial score (nSPS) is 11.7. The Labute approximate surface area is 75.2 Å². The van der Waals surface area contributed by atoms with Gasteiger partial charge in [0.2, 0.25) is 0 Å². The first-order valence-corrected chi connectivity index (χ1v) is 8.28. The maximum absolute atomic E-state index is 5.59. The molecule has 0 unspecified atom stereocenters. The summed E-state index contributed by atoms with van der Waals surface area (Å²) < 4.78 is 0. The molecule has 4 heteroatoms. The number of halogens is 2. The van der Waals surface area contributed by atoms with Crippen molar-refractivity contribution in [3.8, 4) is 0 Å². The van der Waals surface area contributed by atoms with Crippen LogP contribution in [0.1, 0.15) is 6.42 Å². The topological polar surface area (TPSA) is 0 Å². The van der Waals surface area contributed by atoms with Gasteiger partial charge in [-0.2, -0.15) is 22.9 Å². The lowest BCUT2D eigenvalue weighted by Gasteiger charge is -2.14. The highest BCUT2D eigenvalue weighted by molar-refractivity contribution is 7.33. The fourth-order valence-electron chi connectivity index (χ4n) is 0.787. The first-order chi connectivity index (χ1) is 4.42. The molecule has 0 aromatic carbocycles. The molecule has 0 saturated carbocycles. The van der Waals surface area contributed by atoms with Gasteiger partial charge in [-0.1, -0.05) is 32.1 Å². The first kappa shape index (κ1) is 10.9. The highest BCUT2D eigenvalue weighted by Gasteiger charge is 2.13. The van der Waals surface area contributed by atoms with Gasteiger partial charge in [-0.25, -0.2) is 0 Å². The molecule has 0 atom stereocenters. The fraction of sp³-hybridized carbons (Fsp3) is 1.00. The van der Waals surface area contributed by atoms with E-state index in [1.165, 1.54) is 12.5 Å². The van der Waals surface area contributed by atoms with Crippen LogP contribution in [0.15, 0.2) is 0 Å². The maximum Gasteiger partial charge on any atom is 0.351 e. The summed E-state index contributed by atoms with van der Waals surface area (Å²) in [7, 11) is -0.841. The molecule has 0 spiro atoms. The molecule has 0 N–H and O–H groups in total. The van der Waals surface area contributed by atoms with Crippen molar-refractivity contribution in [2.75, 3.05) is 0 Å². The van der Waals surface area contributed by atoms with E-state index < -0.39 is 8.07 Å².